The Hall–Kier alpha value is -4.39. The van der Waals surface area contributed by atoms with Gasteiger partial charge in [0.25, 0.3) is 0 Å². The van der Waals surface area contributed by atoms with Gasteiger partial charge in [-0.05, 0) is 36.8 Å². The van der Waals surface area contributed by atoms with Crippen LogP contribution in [0.2, 0.25) is 0 Å². The molecule has 2 aromatic carbocycles. The number of imidazole rings is 1. The summed E-state index contributed by atoms with van der Waals surface area (Å²) in [6.07, 6.45) is 7.10. The van der Waals surface area contributed by atoms with Crippen molar-refractivity contribution in [3.05, 3.63) is 77.2 Å². The lowest BCUT2D eigenvalue weighted by Crippen LogP contribution is -2.06. The Morgan fingerprint density at radius 3 is 2.59 bits per heavy atom. The number of nitriles is 1. The lowest BCUT2D eigenvalue weighted by molar-refractivity contribution is -0.0515. The summed E-state index contributed by atoms with van der Waals surface area (Å²) in [6, 6.07) is 11.6. The molecule has 10 heteroatoms. The zero-order valence-corrected chi connectivity index (χ0v) is 19.8. The first-order valence-electron chi connectivity index (χ1n) is 11.5. The minimum absolute atomic E-state index is 0.111. The molecule has 190 valence electrons. The van der Waals surface area contributed by atoms with Crippen molar-refractivity contribution in [2.24, 2.45) is 0 Å². The highest BCUT2D eigenvalue weighted by Crippen LogP contribution is 2.34. The normalized spacial score (nSPS) is 11.4. The van der Waals surface area contributed by atoms with Gasteiger partial charge in [-0.2, -0.15) is 14.0 Å². The van der Waals surface area contributed by atoms with Gasteiger partial charge in [-0.3, -0.25) is 4.57 Å². The summed E-state index contributed by atoms with van der Waals surface area (Å²) in [5.74, 6) is -1.50. The first-order chi connectivity index (χ1) is 17.9. The smallest absolute Gasteiger partial charge is 0.387 e. The molecule has 0 aliphatic rings. The van der Waals surface area contributed by atoms with E-state index in [0.29, 0.717) is 23.6 Å². The Balaban J connectivity index is 1.80. The summed E-state index contributed by atoms with van der Waals surface area (Å²) >= 11 is 0. The number of halogens is 4. The molecule has 2 heterocycles. The fraction of sp³-hybridized carbons (Fsp3) is 0.222. The molecule has 0 amide bonds. The van der Waals surface area contributed by atoms with Gasteiger partial charge in [0.05, 0.1) is 23.2 Å². The summed E-state index contributed by atoms with van der Waals surface area (Å²) in [5.41, 5.74) is 1.19. The average Bonchev–Trinajstić information content (AvgIpc) is 3.23. The van der Waals surface area contributed by atoms with Gasteiger partial charge in [0.1, 0.15) is 17.7 Å². The van der Waals surface area contributed by atoms with Crippen LogP contribution in [0.25, 0.3) is 29.0 Å². The maximum Gasteiger partial charge on any atom is 0.387 e. The molecule has 0 radical (unpaired) electrons. The maximum atomic E-state index is 14.1. The molecule has 2 aromatic heterocycles. The van der Waals surface area contributed by atoms with E-state index in [0.717, 1.165) is 31.4 Å². The number of hydrogen-bond donors (Lipinski definition) is 0. The Morgan fingerprint density at radius 1 is 1.08 bits per heavy atom. The van der Waals surface area contributed by atoms with Crippen LogP contribution in [0.3, 0.4) is 0 Å². The third-order valence-electron chi connectivity index (χ3n) is 5.46. The summed E-state index contributed by atoms with van der Waals surface area (Å²) in [7, 11) is 0. The lowest BCUT2D eigenvalue weighted by atomic mass is 10.1. The first kappa shape index (κ1) is 25.7. The van der Waals surface area contributed by atoms with Crippen LogP contribution in [0.1, 0.15) is 43.1 Å². The van der Waals surface area contributed by atoms with Gasteiger partial charge in [-0.15, -0.1) is 0 Å². The van der Waals surface area contributed by atoms with Crippen LogP contribution < -0.4 is 9.47 Å². The summed E-state index contributed by atoms with van der Waals surface area (Å²) in [6.45, 7) is -0.687. The monoisotopic (exact) mass is 510 g/mol. The number of aromatic nitrogens is 3. The zero-order chi connectivity index (χ0) is 26.4. The Kier molecular flexibility index (Phi) is 8.03. The number of ether oxygens (including phenoxy) is 2. The third-order valence-corrected chi connectivity index (χ3v) is 5.46. The number of rotatable bonds is 10. The van der Waals surface area contributed by atoms with Crippen molar-refractivity contribution in [2.45, 2.75) is 32.8 Å². The Bertz CT molecular complexity index is 1460. The minimum Gasteiger partial charge on any atom is -0.489 e. The topological polar surface area (TPSA) is 73.0 Å². The molecule has 0 atom stereocenters. The third kappa shape index (κ3) is 5.89. The second-order valence-corrected chi connectivity index (χ2v) is 8.02. The van der Waals surface area contributed by atoms with E-state index in [4.69, 9.17) is 10.00 Å². The molecule has 0 unspecified atom stereocenters. The van der Waals surface area contributed by atoms with Gasteiger partial charge < -0.3 is 9.47 Å². The van der Waals surface area contributed by atoms with E-state index >= 15 is 0 Å². The van der Waals surface area contributed by atoms with Crippen molar-refractivity contribution in [3.8, 4) is 23.4 Å². The minimum atomic E-state index is -3.03. The summed E-state index contributed by atoms with van der Waals surface area (Å²) in [5, 5.41) is 9.08. The van der Waals surface area contributed by atoms with Gasteiger partial charge in [-0.1, -0.05) is 31.9 Å². The van der Waals surface area contributed by atoms with E-state index in [1.54, 1.807) is 30.4 Å². The fourth-order valence-corrected chi connectivity index (χ4v) is 3.73. The molecule has 37 heavy (non-hydrogen) atoms. The number of benzene rings is 2. The number of fused-ring (bicyclic) bond motifs is 1. The second kappa shape index (κ2) is 11.6. The molecule has 0 saturated carbocycles. The van der Waals surface area contributed by atoms with Crippen molar-refractivity contribution in [3.63, 3.8) is 0 Å². The van der Waals surface area contributed by atoms with Crippen LogP contribution in [0.5, 0.6) is 11.5 Å². The van der Waals surface area contributed by atoms with Crippen molar-refractivity contribution in [1.82, 2.24) is 14.5 Å². The van der Waals surface area contributed by atoms with Gasteiger partial charge >= 0.3 is 6.61 Å². The van der Waals surface area contributed by atoms with E-state index in [1.807, 2.05) is 13.0 Å². The van der Waals surface area contributed by atoms with Crippen LogP contribution in [0, 0.1) is 23.0 Å². The van der Waals surface area contributed by atoms with E-state index < -0.39 is 18.2 Å². The molecule has 4 aromatic rings. The van der Waals surface area contributed by atoms with Gasteiger partial charge in [-0.25, -0.2) is 18.7 Å². The van der Waals surface area contributed by atoms with E-state index in [-0.39, 0.29) is 28.4 Å². The second-order valence-electron chi connectivity index (χ2n) is 8.02. The average molecular weight is 510 g/mol. The molecule has 0 spiro atoms. The van der Waals surface area contributed by atoms with Crippen LogP contribution >= 0.6 is 0 Å². The Labute approximate surface area is 210 Å². The van der Waals surface area contributed by atoms with Gasteiger partial charge in [0, 0.05) is 23.9 Å². The van der Waals surface area contributed by atoms with Crippen molar-refractivity contribution in [2.75, 3.05) is 6.61 Å². The highest BCUT2D eigenvalue weighted by molar-refractivity contribution is 5.82. The molecule has 4 rings (SSSR count). The predicted octanol–water partition coefficient (Wildman–Crippen LogP) is 6.91. The number of para-hydroxylation sites is 1. The van der Waals surface area contributed by atoms with E-state index in [9.17, 15) is 17.6 Å². The lowest BCUT2D eigenvalue weighted by Gasteiger charge is -2.14. The molecule has 0 saturated heterocycles. The van der Waals surface area contributed by atoms with Crippen LogP contribution in [0.4, 0.5) is 17.6 Å². The molecule has 0 N–H and O–H groups in total. The van der Waals surface area contributed by atoms with E-state index in [1.165, 1.54) is 22.9 Å². The quantitative estimate of drug-likeness (QED) is 0.171. The molecule has 0 fully saturated rings. The molecule has 6 nitrogen and oxygen atoms in total. The van der Waals surface area contributed by atoms with Crippen molar-refractivity contribution < 1.29 is 27.0 Å². The van der Waals surface area contributed by atoms with Crippen LogP contribution in [-0.4, -0.2) is 27.8 Å². The number of alkyl halides is 2. The highest BCUT2D eigenvalue weighted by atomic mass is 19.3. The van der Waals surface area contributed by atoms with Crippen molar-refractivity contribution in [1.29, 1.82) is 5.26 Å². The molecular formula is C27H22F4N4O2. The highest BCUT2D eigenvalue weighted by Gasteiger charge is 2.17. The Morgan fingerprint density at radius 2 is 1.89 bits per heavy atom. The molecular weight excluding hydrogens is 488 g/mol. The first-order valence-corrected chi connectivity index (χ1v) is 11.5. The standard InChI is InChI=1S/C27H22F4N4O2/c1-2-3-4-12-36-26-18(6-5-7-23(26)37-27(30)31)9-11-25-34-21-13-19(28)20(29)14-22(21)35(25)24-10-8-17(15-32)16-33-24/h5-11,13-14,16,27H,2-4,12H2,1H3. The SMILES string of the molecule is CCCCCOc1c(C=Cc2nc3cc(F)c(F)cc3n2-c2ccc(C#N)cn2)cccc1OC(F)F. The largest absolute Gasteiger partial charge is 0.489 e. The maximum absolute atomic E-state index is 14.1. The number of pyridine rings is 1. The summed E-state index contributed by atoms with van der Waals surface area (Å²) < 4.78 is 66.0. The number of nitrogens with zero attached hydrogens (tertiary/aromatic N) is 4. The van der Waals surface area contributed by atoms with Crippen LogP contribution in [-0.2, 0) is 0 Å². The fourth-order valence-electron chi connectivity index (χ4n) is 3.73. The van der Waals surface area contributed by atoms with Gasteiger partial charge in [0.2, 0.25) is 0 Å². The zero-order valence-electron chi connectivity index (χ0n) is 19.8. The number of hydrogen-bond acceptors (Lipinski definition) is 5. The van der Waals surface area contributed by atoms with Crippen LogP contribution in [0.15, 0.2) is 48.7 Å². The molecule has 0 aliphatic carbocycles. The molecule has 0 aliphatic heterocycles. The van der Waals surface area contributed by atoms with Gasteiger partial charge in [0.15, 0.2) is 23.1 Å². The predicted molar refractivity (Wildman–Crippen MR) is 131 cm³/mol. The van der Waals surface area contributed by atoms with E-state index in [2.05, 4.69) is 14.7 Å². The molecule has 0 bridgehead atoms. The summed E-state index contributed by atoms with van der Waals surface area (Å²) in [4.78, 5) is 8.66. The number of unbranched alkanes of at least 4 members (excludes halogenated alkanes) is 2. The van der Waals surface area contributed by atoms with Crippen molar-refractivity contribution >= 4 is 23.2 Å².